The van der Waals surface area contributed by atoms with Crippen molar-refractivity contribution in [2.45, 2.75) is 6.92 Å². The number of ether oxygens (including phenoxy) is 1. The van der Waals surface area contributed by atoms with Crippen LogP contribution in [-0.4, -0.2) is 29.0 Å². The van der Waals surface area contributed by atoms with E-state index in [0.29, 0.717) is 27.9 Å². The van der Waals surface area contributed by atoms with E-state index in [4.69, 9.17) is 9.72 Å². The minimum absolute atomic E-state index is 0.0111. The second kappa shape index (κ2) is 7.79. The zero-order valence-corrected chi connectivity index (χ0v) is 16.5. The van der Waals surface area contributed by atoms with E-state index in [2.05, 4.69) is 0 Å². The van der Waals surface area contributed by atoms with Crippen molar-refractivity contribution in [2.75, 3.05) is 7.11 Å². The molecule has 1 aromatic heterocycles. The van der Waals surface area contributed by atoms with Gasteiger partial charge in [0.25, 0.3) is 0 Å². The van der Waals surface area contributed by atoms with Crippen LogP contribution >= 0.6 is 0 Å². The number of methoxy groups -OCH3 is 1. The number of hydrogen-bond donors (Lipinski definition) is 1. The van der Waals surface area contributed by atoms with Crippen LogP contribution < -0.4 is 4.74 Å². The second-order valence-electron chi connectivity index (χ2n) is 6.95. The highest BCUT2D eigenvalue weighted by molar-refractivity contribution is 6.04. The maximum atomic E-state index is 11.9. The topological polar surface area (TPSA) is 76.5 Å². The fraction of sp³-hybridized carbons (Fsp3) is 0.0800. The van der Waals surface area contributed by atoms with E-state index in [-0.39, 0.29) is 11.3 Å². The summed E-state index contributed by atoms with van der Waals surface area (Å²) in [5.74, 6) is -0.276. The van der Waals surface area contributed by atoms with Gasteiger partial charge in [0.1, 0.15) is 5.75 Å². The Balaban J connectivity index is 1.85. The van der Waals surface area contributed by atoms with Crippen LogP contribution in [0.1, 0.15) is 27.6 Å². The number of carboxylic acid groups (broad SMARTS) is 1. The van der Waals surface area contributed by atoms with Crippen LogP contribution in [0.25, 0.3) is 33.3 Å². The van der Waals surface area contributed by atoms with Crippen molar-refractivity contribution in [3.8, 4) is 28.1 Å². The van der Waals surface area contributed by atoms with Crippen molar-refractivity contribution in [1.29, 1.82) is 0 Å². The highest BCUT2D eigenvalue weighted by atomic mass is 16.5. The molecule has 0 spiro atoms. The van der Waals surface area contributed by atoms with Crippen LogP contribution in [0.15, 0.2) is 72.8 Å². The molecule has 0 aliphatic carbocycles. The summed E-state index contributed by atoms with van der Waals surface area (Å²) in [5, 5.41) is 10.3. The maximum Gasteiger partial charge on any atom is 0.336 e. The first-order valence-electron chi connectivity index (χ1n) is 9.40. The van der Waals surface area contributed by atoms with Crippen molar-refractivity contribution in [3.63, 3.8) is 0 Å². The lowest BCUT2D eigenvalue weighted by Gasteiger charge is -2.10. The van der Waals surface area contributed by atoms with E-state index in [1.54, 1.807) is 31.4 Å². The Hall–Kier alpha value is -3.99. The average molecular weight is 397 g/mol. The fourth-order valence-corrected chi connectivity index (χ4v) is 3.39. The molecule has 3 aromatic carbocycles. The van der Waals surface area contributed by atoms with Gasteiger partial charge in [-0.05, 0) is 54.4 Å². The Bertz CT molecular complexity index is 1260. The van der Waals surface area contributed by atoms with Crippen LogP contribution in [0, 0.1) is 0 Å². The largest absolute Gasteiger partial charge is 0.497 e. The summed E-state index contributed by atoms with van der Waals surface area (Å²) in [6.45, 7) is 1.53. The molecule has 0 radical (unpaired) electrons. The number of carbonyl (C=O) groups is 2. The molecule has 0 atom stereocenters. The molecule has 5 heteroatoms. The SMILES string of the molecule is COc1ccc(-c2cc(C(=O)O)c3ccc(-c4ccc(C(C)=O)cc4)cc3n2)cc1. The molecule has 1 heterocycles. The Morgan fingerprint density at radius 2 is 1.47 bits per heavy atom. The van der Waals surface area contributed by atoms with Gasteiger partial charge in [0, 0.05) is 16.5 Å². The molecule has 0 fully saturated rings. The van der Waals surface area contributed by atoms with Gasteiger partial charge < -0.3 is 9.84 Å². The number of pyridine rings is 1. The van der Waals surface area contributed by atoms with Gasteiger partial charge in [-0.2, -0.15) is 0 Å². The normalized spacial score (nSPS) is 10.7. The predicted octanol–water partition coefficient (Wildman–Crippen LogP) is 5.48. The highest BCUT2D eigenvalue weighted by Crippen LogP contribution is 2.30. The zero-order chi connectivity index (χ0) is 21.3. The standard InChI is InChI=1S/C25H19NO4/c1-15(27)16-3-5-17(6-4-16)19-9-12-21-22(25(28)29)14-23(26-24(21)13-19)18-7-10-20(30-2)11-8-18/h3-14H,1-2H3,(H,28,29). The van der Waals surface area contributed by atoms with Crippen LogP contribution in [0.3, 0.4) is 0 Å². The number of rotatable bonds is 5. The van der Waals surface area contributed by atoms with Gasteiger partial charge in [-0.1, -0.05) is 36.4 Å². The summed E-state index contributed by atoms with van der Waals surface area (Å²) in [7, 11) is 1.59. The van der Waals surface area contributed by atoms with Crippen molar-refractivity contribution < 1.29 is 19.4 Å². The number of nitrogens with zero attached hydrogens (tertiary/aromatic N) is 1. The van der Waals surface area contributed by atoms with E-state index < -0.39 is 5.97 Å². The molecule has 30 heavy (non-hydrogen) atoms. The average Bonchev–Trinajstić information content (AvgIpc) is 2.78. The number of fused-ring (bicyclic) bond motifs is 1. The Morgan fingerprint density at radius 1 is 0.833 bits per heavy atom. The van der Waals surface area contributed by atoms with Gasteiger partial charge in [0.2, 0.25) is 0 Å². The lowest BCUT2D eigenvalue weighted by molar-refractivity contribution is 0.0698. The van der Waals surface area contributed by atoms with Gasteiger partial charge in [-0.15, -0.1) is 0 Å². The summed E-state index contributed by atoms with van der Waals surface area (Å²) in [4.78, 5) is 28.1. The molecule has 148 valence electrons. The van der Waals surface area contributed by atoms with Crippen molar-refractivity contribution in [3.05, 3.63) is 83.9 Å². The van der Waals surface area contributed by atoms with Gasteiger partial charge >= 0.3 is 5.97 Å². The fourth-order valence-electron chi connectivity index (χ4n) is 3.39. The number of ketones is 1. The summed E-state index contributed by atoms with van der Waals surface area (Å²) in [6, 6.07) is 21.8. The molecule has 0 saturated carbocycles. The molecule has 5 nitrogen and oxygen atoms in total. The molecular formula is C25H19NO4. The first-order valence-corrected chi connectivity index (χ1v) is 9.40. The molecule has 4 aromatic rings. The maximum absolute atomic E-state index is 11.9. The summed E-state index contributed by atoms with van der Waals surface area (Å²) in [5.41, 5.74) is 4.64. The molecule has 0 aliphatic heterocycles. The highest BCUT2D eigenvalue weighted by Gasteiger charge is 2.14. The van der Waals surface area contributed by atoms with E-state index in [1.165, 1.54) is 6.92 Å². The summed E-state index contributed by atoms with van der Waals surface area (Å²) >= 11 is 0. The molecule has 1 N–H and O–H groups in total. The van der Waals surface area contributed by atoms with Crippen LogP contribution in [-0.2, 0) is 0 Å². The van der Waals surface area contributed by atoms with Crippen LogP contribution in [0.5, 0.6) is 5.75 Å². The monoisotopic (exact) mass is 397 g/mol. The summed E-state index contributed by atoms with van der Waals surface area (Å²) < 4.78 is 5.19. The number of hydrogen-bond acceptors (Lipinski definition) is 4. The Kier molecular flexibility index (Phi) is 5.02. The molecular weight excluding hydrogens is 378 g/mol. The first-order chi connectivity index (χ1) is 14.5. The Morgan fingerprint density at radius 3 is 2.07 bits per heavy atom. The molecule has 0 amide bonds. The molecule has 4 rings (SSSR count). The number of aromatic carboxylic acids is 1. The predicted molar refractivity (Wildman–Crippen MR) is 116 cm³/mol. The van der Waals surface area contributed by atoms with Gasteiger partial charge in [0.15, 0.2) is 5.78 Å². The van der Waals surface area contributed by atoms with Crippen molar-refractivity contribution >= 4 is 22.7 Å². The summed E-state index contributed by atoms with van der Waals surface area (Å²) in [6.07, 6.45) is 0. The van der Waals surface area contributed by atoms with Crippen molar-refractivity contribution in [1.82, 2.24) is 4.98 Å². The van der Waals surface area contributed by atoms with Crippen LogP contribution in [0.4, 0.5) is 0 Å². The van der Waals surface area contributed by atoms with Gasteiger partial charge in [0.05, 0.1) is 23.9 Å². The minimum Gasteiger partial charge on any atom is -0.497 e. The van der Waals surface area contributed by atoms with Crippen molar-refractivity contribution in [2.24, 2.45) is 0 Å². The lowest BCUT2D eigenvalue weighted by atomic mass is 9.98. The number of benzene rings is 3. The van der Waals surface area contributed by atoms with E-state index in [9.17, 15) is 14.7 Å². The number of aromatic nitrogens is 1. The molecule has 0 unspecified atom stereocenters. The third-order valence-corrected chi connectivity index (χ3v) is 5.05. The molecule has 0 saturated heterocycles. The third kappa shape index (κ3) is 3.65. The molecule has 0 bridgehead atoms. The number of carbonyl (C=O) groups excluding carboxylic acids is 1. The minimum atomic E-state index is -1.00. The quantitative estimate of drug-likeness (QED) is 0.451. The Labute approximate surface area is 173 Å². The van der Waals surface area contributed by atoms with Gasteiger partial charge in [-0.25, -0.2) is 9.78 Å². The lowest BCUT2D eigenvalue weighted by Crippen LogP contribution is -2.00. The number of Topliss-reactive ketones (excluding diaryl/α,β-unsaturated/α-hetero) is 1. The van der Waals surface area contributed by atoms with E-state index in [1.807, 2.05) is 48.5 Å². The van der Waals surface area contributed by atoms with Crippen LogP contribution in [0.2, 0.25) is 0 Å². The van der Waals surface area contributed by atoms with Gasteiger partial charge in [-0.3, -0.25) is 4.79 Å². The second-order valence-corrected chi connectivity index (χ2v) is 6.95. The number of carboxylic acids is 1. The smallest absolute Gasteiger partial charge is 0.336 e. The first kappa shape index (κ1) is 19.3. The zero-order valence-electron chi connectivity index (χ0n) is 16.5. The third-order valence-electron chi connectivity index (χ3n) is 5.05. The molecule has 0 aliphatic rings. The van der Waals surface area contributed by atoms with E-state index >= 15 is 0 Å². The van der Waals surface area contributed by atoms with E-state index in [0.717, 1.165) is 16.7 Å².